The van der Waals surface area contributed by atoms with Gasteiger partial charge in [0.15, 0.2) is 0 Å². The predicted octanol–water partition coefficient (Wildman–Crippen LogP) is -2.27. The van der Waals surface area contributed by atoms with Crippen LogP contribution in [-0.2, 0) is 32.7 Å². The molecule has 0 saturated heterocycles. The van der Waals surface area contributed by atoms with Gasteiger partial charge in [-0.05, 0) is 13.8 Å². The van der Waals surface area contributed by atoms with Crippen molar-refractivity contribution in [1.82, 2.24) is 0 Å². The fourth-order valence-corrected chi connectivity index (χ4v) is 1.85. The Labute approximate surface area is 171 Å². The van der Waals surface area contributed by atoms with Crippen molar-refractivity contribution in [2.24, 2.45) is 0 Å². The summed E-state index contributed by atoms with van der Waals surface area (Å²) in [7, 11) is -4.59. The van der Waals surface area contributed by atoms with E-state index in [0.29, 0.717) is 0 Å². The van der Waals surface area contributed by atoms with E-state index in [-0.39, 0.29) is 51.4 Å². The number of phosphoric acid groups is 1. The van der Waals surface area contributed by atoms with E-state index in [1.165, 1.54) is 13.8 Å². The molecule has 2 atom stereocenters. The van der Waals surface area contributed by atoms with Crippen molar-refractivity contribution >= 4 is 19.8 Å². The van der Waals surface area contributed by atoms with Gasteiger partial charge in [0.25, 0.3) is 7.82 Å². The number of phosphoric ester groups is 1. The van der Waals surface area contributed by atoms with Crippen LogP contribution in [0.2, 0.25) is 0 Å². The molecular weight excluding hydrogens is 342 g/mol. The van der Waals surface area contributed by atoms with Crippen LogP contribution in [0.1, 0.15) is 13.8 Å². The van der Waals surface area contributed by atoms with Crippen molar-refractivity contribution in [3.8, 4) is 0 Å². The molecule has 0 bridgehead atoms. The Bertz CT molecular complexity index is 403. The minimum Gasteiger partial charge on any atom is -0.756 e. The summed E-state index contributed by atoms with van der Waals surface area (Å²) in [5.41, 5.74) is 0. The van der Waals surface area contributed by atoms with Gasteiger partial charge in [-0.2, -0.15) is 0 Å². The molecule has 22 heavy (non-hydrogen) atoms. The number of hydrogen-bond donors (Lipinski definition) is 0. The maximum absolute atomic E-state index is 11.4. The fourth-order valence-electron chi connectivity index (χ4n) is 0.991. The van der Waals surface area contributed by atoms with Crippen LogP contribution in [0.15, 0.2) is 25.3 Å². The zero-order chi connectivity index (χ0) is 16.5. The molecule has 0 N–H and O–H groups in total. The molecule has 0 aromatic heterocycles. The number of carbonyl (C=O) groups is 2. The van der Waals surface area contributed by atoms with Crippen LogP contribution < -0.4 is 56.3 Å². The van der Waals surface area contributed by atoms with Crippen LogP contribution in [0.5, 0.6) is 0 Å². The van der Waals surface area contributed by atoms with Gasteiger partial charge in [0.05, 0.1) is 13.2 Å². The SMILES string of the molecule is C=CC(=O)OC(C)COP(=O)([O-])OCC(C)OC(=O)C=C.[K+]. The molecule has 0 rings (SSSR count). The molecule has 0 saturated carbocycles. The molecule has 0 aliphatic carbocycles. The third kappa shape index (κ3) is 12.7. The zero-order valence-corrected chi connectivity index (χ0v) is 16.9. The first kappa shape index (κ1) is 24.4. The average Bonchev–Trinajstić information content (AvgIpc) is 2.43. The maximum atomic E-state index is 11.4. The fraction of sp³-hybridized carbons (Fsp3) is 0.500. The first-order valence-electron chi connectivity index (χ1n) is 5.96. The summed E-state index contributed by atoms with van der Waals surface area (Å²) < 4.78 is 29.9. The third-order valence-electron chi connectivity index (χ3n) is 1.90. The van der Waals surface area contributed by atoms with Gasteiger partial charge in [-0.25, -0.2) is 9.59 Å². The second-order valence-corrected chi connectivity index (χ2v) is 5.35. The standard InChI is InChI=1S/C12H19O8P.K/c1-5-11(13)19-9(3)7-17-21(15,16)18-8-10(4)20-12(14)6-2;/h5-6,9-10H,1-2,7-8H2,3-4H3,(H,15,16);/q;+1/p-1. The Hall–Kier alpha value is 0.166. The van der Waals surface area contributed by atoms with Gasteiger partial charge in [-0.3, -0.25) is 4.57 Å². The monoisotopic (exact) mass is 360 g/mol. The topological polar surface area (TPSA) is 111 Å². The third-order valence-corrected chi connectivity index (χ3v) is 2.83. The van der Waals surface area contributed by atoms with E-state index < -0.39 is 45.2 Å². The molecule has 8 nitrogen and oxygen atoms in total. The molecule has 0 spiro atoms. The van der Waals surface area contributed by atoms with Crippen LogP contribution >= 0.6 is 7.82 Å². The van der Waals surface area contributed by atoms with Crippen molar-refractivity contribution in [3.05, 3.63) is 25.3 Å². The number of carbonyl (C=O) groups excluding carboxylic acids is 2. The average molecular weight is 360 g/mol. The Kier molecular flexibility index (Phi) is 14.0. The molecule has 0 aliphatic rings. The van der Waals surface area contributed by atoms with E-state index >= 15 is 0 Å². The van der Waals surface area contributed by atoms with Gasteiger partial charge in [0.2, 0.25) is 0 Å². The Morgan fingerprint density at radius 3 is 1.64 bits per heavy atom. The minimum atomic E-state index is -4.59. The van der Waals surface area contributed by atoms with E-state index in [1.807, 2.05) is 0 Å². The van der Waals surface area contributed by atoms with Gasteiger partial charge in [-0.15, -0.1) is 0 Å². The summed E-state index contributed by atoms with van der Waals surface area (Å²) in [5, 5.41) is 0. The van der Waals surface area contributed by atoms with E-state index in [4.69, 9.17) is 9.47 Å². The molecule has 10 heteroatoms. The summed E-state index contributed by atoms with van der Waals surface area (Å²) in [5.74, 6) is -1.39. The van der Waals surface area contributed by atoms with Crippen LogP contribution in [-0.4, -0.2) is 37.4 Å². The summed E-state index contributed by atoms with van der Waals surface area (Å²) >= 11 is 0. The van der Waals surface area contributed by atoms with E-state index in [0.717, 1.165) is 12.2 Å². The summed E-state index contributed by atoms with van der Waals surface area (Å²) in [6.45, 7) is 8.47. The number of hydrogen-bond acceptors (Lipinski definition) is 8. The molecule has 0 fully saturated rings. The van der Waals surface area contributed by atoms with Crippen molar-refractivity contribution in [2.75, 3.05) is 13.2 Å². The number of rotatable bonds is 10. The van der Waals surface area contributed by atoms with E-state index in [1.54, 1.807) is 0 Å². The largest absolute Gasteiger partial charge is 1.00 e. The molecule has 2 unspecified atom stereocenters. The number of esters is 2. The molecule has 120 valence electrons. The van der Waals surface area contributed by atoms with Crippen LogP contribution in [0.25, 0.3) is 0 Å². The first-order valence-corrected chi connectivity index (χ1v) is 7.42. The van der Waals surface area contributed by atoms with Crippen LogP contribution in [0.3, 0.4) is 0 Å². The van der Waals surface area contributed by atoms with Crippen molar-refractivity contribution in [1.29, 1.82) is 0 Å². The van der Waals surface area contributed by atoms with Gasteiger partial charge < -0.3 is 23.4 Å². The molecule has 0 aromatic carbocycles. The number of ether oxygens (including phenoxy) is 2. The van der Waals surface area contributed by atoms with Crippen molar-refractivity contribution < 1.29 is 89.0 Å². The molecule has 0 radical (unpaired) electrons. The molecule has 0 aliphatic heterocycles. The predicted molar refractivity (Wildman–Crippen MR) is 71.0 cm³/mol. The summed E-state index contributed by atoms with van der Waals surface area (Å²) in [6.07, 6.45) is 0.300. The maximum Gasteiger partial charge on any atom is 1.00 e. The molecule has 0 amide bonds. The van der Waals surface area contributed by atoms with Crippen LogP contribution in [0, 0.1) is 0 Å². The second kappa shape index (κ2) is 12.6. The van der Waals surface area contributed by atoms with Gasteiger partial charge in [0.1, 0.15) is 12.2 Å². The minimum absolute atomic E-state index is 0. The van der Waals surface area contributed by atoms with E-state index in [9.17, 15) is 19.0 Å². The van der Waals surface area contributed by atoms with Crippen molar-refractivity contribution in [3.63, 3.8) is 0 Å². The Morgan fingerprint density at radius 1 is 1.05 bits per heavy atom. The molecule has 0 heterocycles. The normalized spacial score (nSPS) is 15.4. The Balaban J connectivity index is 0. The molecule has 0 aromatic rings. The second-order valence-electron chi connectivity index (χ2n) is 3.94. The quantitative estimate of drug-likeness (QED) is 0.186. The zero-order valence-electron chi connectivity index (χ0n) is 12.9. The van der Waals surface area contributed by atoms with Crippen molar-refractivity contribution in [2.45, 2.75) is 26.1 Å². The van der Waals surface area contributed by atoms with Gasteiger partial charge >= 0.3 is 63.3 Å². The van der Waals surface area contributed by atoms with Gasteiger partial charge in [0, 0.05) is 12.2 Å². The van der Waals surface area contributed by atoms with Crippen LogP contribution in [0.4, 0.5) is 0 Å². The molecular formula is C12H18KO8P. The Morgan fingerprint density at radius 2 is 1.36 bits per heavy atom. The smallest absolute Gasteiger partial charge is 0.756 e. The summed E-state index contributed by atoms with van der Waals surface area (Å²) in [6, 6.07) is 0. The van der Waals surface area contributed by atoms with E-state index in [2.05, 4.69) is 22.2 Å². The summed E-state index contributed by atoms with van der Waals surface area (Å²) in [4.78, 5) is 33.1. The first-order chi connectivity index (χ1) is 9.70. The van der Waals surface area contributed by atoms with Gasteiger partial charge in [-0.1, -0.05) is 13.2 Å².